The maximum absolute atomic E-state index is 4.86. The largest absolute Gasteiger partial charge is 0.384 e. The predicted molar refractivity (Wildman–Crippen MR) is 155 cm³/mol. The van der Waals surface area contributed by atoms with Crippen LogP contribution in [0.25, 0.3) is 32.6 Å². The van der Waals surface area contributed by atoms with E-state index in [2.05, 4.69) is 118 Å². The van der Waals surface area contributed by atoms with Gasteiger partial charge in [0, 0.05) is 43.1 Å². The number of aromatic nitrogens is 2. The molecule has 182 valence electrons. The average Bonchev–Trinajstić information content (AvgIpc) is 2.95. The number of para-hydroxylation sites is 2. The molecule has 4 heteroatoms. The maximum atomic E-state index is 4.86. The van der Waals surface area contributed by atoms with Crippen LogP contribution in [0.15, 0.2) is 115 Å². The third-order valence-corrected chi connectivity index (χ3v) is 6.93. The minimum absolute atomic E-state index is 0.825. The van der Waals surface area contributed by atoms with Gasteiger partial charge in [0.25, 0.3) is 0 Å². The molecule has 4 nitrogen and oxygen atoms in total. The summed E-state index contributed by atoms with van der Waals surface area (Å²) in [4.78, 5) is 12.0. The van der Waals surface area contributed by atoms with Crippen LogP contribution in [-0.4, -0.2) is 28.0 Å². The molecule has 0 aliphatic heterocycles. The molecule has 0 atom stereocenters. The topological polar surface area (TPSA) is 41.0 Å². The molecule has 0 aliphatic carbocycles. The molecule has 0 bridgehead atoms. The fourth-order valence-corrected chi connectivity index (χ4v) is 5.15. The molecule has 37 heavy (non-hydrogen) atoms. The Morgan fingerprint density at radius 2 is 1.30 bits per heavy atom. The Labute approximate surface area is 217 Å². The number of benzene rings is 4. The zero-order valence-corrected chi connectivity index (χ0v) is 20.8. The van der Waals surface area contributed by atoms with Crippen molar-refractivity contribution in [2.75, 3.05) is 18.4 Å². The van der Waals surface area contributed by atoms with Crippen LogP contribution >= 0.6 is 0 Å². The van der Waals surface area contributed by atoms with Gasteiger partial charge in [0.15, 0.2) is 0 Å². The van der Waals surface area contributed by atoms with Gasteiger partial charge >= 0.3 is 0 Å². The third-order valence-electron chi connectivity index (χ3n) is 6.93. The lowest BCUT2D eigenvalue weighted by Crippen LogP contribution is -2.26. The lowest BCUT2D eigenvalue weighted by atomic mass is 10.0. The number of hydrogen-bond acceptors (Lipinski definition) is 4. The van der Waals surface area contributed by atoms with E-state index in [0.717, 1.165) is 49.3 Å². The van der Waals surface area contributed by atoms with E-state index in [1.165, 1.54) is 32.8 Å². The Balaban J connectivity index is 1.21. The van der Waals surface area contributed by atoms with Crippen molar-refractivity contribution in [3.8, 4) is 0 Å². The minimum Gasteiger partial charge on any atom is -0.384 e. The molecule has 6 rings (SSSR count). The standard InChI is InChI=1S/C33H30N4/c1-2-15-28-25(11-1)12-9-13-26(28)23-37(24-27-14-7-8-20-34-27)22-10-21-35-33-29-16-3-5-18-31(29)36-32-19-6-4-17-30(32)33/h1-9,11-20H,10,21-24H2,(H,35,36). The molecule has 4 aromatic carbocycles. The highest BCUT2D eigenvalue weighted by Gasteiger charge is 2.12. The van der Waals surface area contributed by atoms with Crippen LogP contribution in [0.3, 0.4) is 0 Å². The second-order valence-corrected chi connectivity index (χ2v) is 9.47. The fourth-order valence-electron chi connectivity index (χ4n) is 5.15. The van der Waals surface area contributed by atoms with Gasteiger partial charge in [0.05, 0.1) is 22.4 Å². The van der Waals surface area contributed by atoms with Crippen LogP contribution in [0.1, 0.15) is 17.7 Å². The molecule has 1 N–H and O–H groups in total. The monoisotopic (exact) mass is 482 g/mol. The van der Waals surface area contributed by atoms with E-state index >= 15 is 0 Å². The van der Waals surface area contributed by atoms with Crippen LogP contribution in [-0.2, 0) is 13.1 Å². The summed E-state index contributed by atoms with van der Waals surface area (Å²) >= 11 is 0. The highest BCUT2D eigenvalue weighted by Crippen LogP contribution is 2.30. The summed E-state index contributed by atoms with van der Waals surface area (Å²) in [5.41, 5.74) is 5.68. The highest BCUT2D eigenvalue weighted by atomic mass is 15.1. The molecule has 0 spiro atoms. The Hall–Kier alpha value is -4.28. The molecule has 2 heterocycles. The lowest BCUT2D eigenvalue weighted by molar-refractivity contribution is 0.254. The number of pyridine rings is 2. The molecule has 6 aromatic rings. The first kappa shape index (κ1) is 23.1. The van der Waals surface area contributed by atoms with Crippen molar-refractivity contribution in [2.45, 2.75) is 19.5 Å². The van der Waals surface area contributed by atoms with Crippen molar-refractivity contribution in [3.05, 3.63) is 127 Å². The van der Waals surface area contributed by atoms with E-state index in [9.17, 15) is 0 Å². The number of nitrogens with zero attached hydrogens (tertiary/aromatic N) is 3. The maximum Gasteiger partial charge on any atom is 0.0730 e. The molecule has 0 fully saturated rings. The van der Waals surface area contributed by atoms with Gasteiger partial charge in [-0.1, -0.05) is 84.9 Å². The van der Waals surface area contributed by atoms with Crippen LogP contribution in [0.2, 0.25) is 0 Å². The molecule has 0 unspecified atom stereocenters. The molecule has 2 aromatic heterocycles. The lowest BCUT2D eigenvalue weighted by Gasteiger charge is -2.23. The van der Waals surface area contributed by atoms with E-state index in [4.69, 9.17) is 4.98 Å². The first-order valence-corrected chi connectivity index (χ1v) is 13.0. The van der Waals surface area contributed by atoms with Crippen molar-refractivity contribution >= 4 is 38.3 Å². The summed E-state index contributed by atoms with van der Waals surface area (Å²) < 4.78 is 0. The van der Waals surface area contributed by atoms with Gasteiger partial charge < -0.3 is 5.32 Å². The fraction of sp³-hybridized carbons (Fsp3) is 0.152. The van der Waals surface area contributed by atoms with E-state index in [1.54, 1.807) is 0 Å². The summed E-state index contributed by atoms with van der Waals surface area (Å²) in [6, 6.07) is 38.2. The van der Waals surface area contributed by atoms with Crippen molar-refractivity contribution < 1.29 is 0 Å². The van der Waals surface area contributed by atoms with Crippen LogP contribution in [0.4, 0.5) is 5.69 Å². The normalized spacial score (nSPS) is 11.5. The molecule has 0 amide bonds. The summed E-state index contributed by atoms with van der Waals surface area (Å²) in [7, 11) is 0. The number of anilines is 1. The summed E-state index contributed by atoms with van der Waals surface area (Å²) in [6.45, 7) is 3.56. The third kappa shape index (κ3) is 5.16. The van der Waals surface area contributed by atoms with Crippen LogP contribution < -0.4 is 5.32 Å². The van der Waals surface area contributed by atoms with Crippen molar-refractivity contribution in [2.24, 2.45) is 0 Å². The number of hydrogen-bond donors (Lipinski definition) is 1. The van der Waals surface area contributed by atoms with Crippen molar-refractivity contribution in [1.29, 1.82) is 0 Å². The van der Waals surface area contributed by atoms with Gasteiger partial charge in [-0.15, -0.1) is 0 Å². The van der Waals surface area contributed by atoms with Crippen molar-refractivity contribution in [1.82, 2.24) is 14.9 Å². The Bertz CT molecular complexity index is 1590. The number of rotatable bonds is 9. The molecular weight excluding hydrogens is 452 g/mol. The van der Waals surface area contributed by atoms with Gasteiger partial charge in [-0.2, -0.15) is 0 Å². The Morgan fingerprint density at radius 1 is 0.622 bits per heavy atom. The first-order valence-electron chi connectivity index (χ1n) is 13.0. The van der Waals surface area contributed by atoms with Gasteiger partial charge in [-0.05, 0) is 47.0 Å². The van der Waals surface area contributed by atoms with Gasteiger partial charge in [-0.25, -0.2) is 4.98 Å². The molecule has 0 saturated carbocycles. The zero-order valence-electron chi connectivity index (χ0n) is 20.8. The number of fused-ring (bicyclic) bond motifs is 3. The van der Waals surface area contributed by atoms with E-state index in [-0.39, 0.29) is 0 Å². The van der Waals surface area contributed by atoms with Crippen molar-refractivity contribution in [3.63, 3.8) is 0 Å². The quantitative estimate of drug-likeness (QED) is 0.172. The predicted octanol–water partition coefficient (Wildman–Crippen LogP) is 7.44. The number of nitrogens with one attached hydrogen (secondary N) is 1. The second kappa shape index (κ2) is 10.8. The summed E-state index contributed by atoms with van der Waals surface area (Å²) in [6.07, 6.45) is 2.90. The molecule has 0 saturated heterocycles. The molecule has 0 radical (unpaired) electrons. The van der Waals surface area contributed by atoms with Gasteiger partial charge in [0.2, 0.25) is 0 Å². The minimum atomic E-state index is 0.825. The summed E-state index contributed by atoms with van der Waals surface area (Å²) in [5.74, 6) is 0. The molecular formula is C33H30N4. The zero-order chi connectivity index (χ0) is 24.9. The highest BCUT2D eigenvalue weighted by molar-refractivity contribution is 6.07. The van der Waals surface area contributed by atoms with Crippen LogP contribution in [0.5, 0.6) is 0 Å². The van der Waals surface area contributed by atoms with Crippen LogP contribution in [0, 0.1) is 0 Å². The van der Waals surface area contributed by atoms with Gasteiger partial charge in [0.1, 0.15) is 0 Å². The first-order chi connectivity index (χ1) is 18.3. The Morgan fingerprint density at radius 3 is 2.05 bits per heavy atom. The average molecular weight is 483 g/mol. The van der Waals surface area contributed by atoms with Gasteiger partial charge in [-0.3, -0.25) is 9.88 Å². The van der Waals surface area contributed by atoms with E-state index in [0.29, 0.717) is 0 Å². The second-order valence-electron chi connectivity index (χ2n) is 9.47. The smallest absolute Gasteiger partial charge is 0.0730 e. The van der Waals surface area contributed by atoms with E-state index in [1.807, 2.05) is 12.3 Å². The Kier molecular flexibility index (Phi) is 6.74. The SMILES string of the molecule is c1ccc(CN(CCCNc2c3ccccc3nc3ccccc23)Cc2cccc3ccccc23)nc1. The molecule has 0 aliphatic rings. The summed E-state index contributed by atoms with van der Waals surface area (Å²) in [5, 5.41) is 8.71. The van der Waals surface area contributed by atoms with E-state index < -0.39 is 0 Å².